The molecule has 0 spiro atoms. The summed E-state index contributed by atoms with van der Waals surface area (Å²) in [5.74, 6) is 0. The highest BCUT2D eigenvalue weighted by Gasteiger charge is 2.18. The summed E-state index contributed by atoms with van der Waals surface area (Å²) in [5, 5.41) is 14.2. The number of benzene rings is 1. The first-order chi connectivity index (χ1) is 8.09. The second-order valence-corrected chi connectivity index (χ2v) is 4.42. The Kier molecular flexibility index (Phi) is 3.28. The number of nitrogens with one attached hydrogen (secondary N) is 1. The maximum Gasteiger partial charge on any atom is 0.274 e. The second-order valence-electron chi connectivity index (χ2n) is 4.42. The standard InChI is InChI=1S/C12H17N3O2/c1-9-7-10(2)12(15(16)17)8-11(9)14-5-3-13-4-6-14/h7-8,13H,3-6H2,1-2H3. The highest BCUT2D eigenvalue weighted by Crippen LogP contribution is 2.29. The summed E-state index contributed by atoms with van der Waals surface area (Å²) in [6, 6.07) is 3.60. The van der Waals surface area contributed by atoms with Crippen LogP contribution >= 0.6 is 0 Å². The topological polar surface area (TPSA) is 58.4 Å². The van der Waals surface area contributed by atoms with Crippen LogP contribution in [0.5, 0.6) is 0 Å². The number of nitro benzene ring substituents is 1. The minimum Gasteiger partial charge on any atom is -0.369 e. The van der Waals surface area contributed by atoms with Crippen LogP contribution in [-0.2, 0) is 0 Å². The van der Waals surface area contributed by atoms with Crippen molar-refractivity contribution in [2.75, 3.05) is 31.1 Å². The van der Waals surface area contributed by atoms with Crippen molar-refractivity contribution in [2.45, 2.75) is 13.8 Å². The number of hydrogen-bond donors (Lipinski definition) is 1. The van der Waals surface area contributed by atoms with Crippen LogP contribution in [0.3, 0.4) is 0 Å². The zero-order valence-corrected chi connectivity index (χ0v) is 10.2. The molecule has 1 fully saturated rings. The fourth-order valence-electron chi connectivity index (χ4n) is 2.27. The van der Waals surface area contributed by atoms with Gasteiger partial charge in [0.1, 0.15) is 0 Å². The van der Waals surface area contributed by atoms with Gasteiger partial charge < -0.3 is 10.2 Å². The van der Waals surface area contributed by atoms with E-state index >= 15 is 0 Å². The molecule has 0 saturated carbocycles. The van der Waals surface area contributed by atoms with Gasteiger partial charge in [0.15, 0.2) is 0 Å². The Labute approximate surface area is 101 Å². The molecule has 2 rings (SSSR count). The van der Waals surface area contributed by atoms with Crippen molar-refractivity contribution in [2.24, 2.45) is 0 Å². The molecule has 1 heterocycles. The predicted molar refractivity (Wildman–Crippen MR) is 67.7 cm³/mol. The third kappa shape index (κ3) is 2.39. The van der Waals surface area contributed by atoms with Crippen molar-refractivity contribution in [3.63, 3.8) is 0 Å². The van der Waals surface area contributed by atoms with Crippen molar-refractivity contribution in [3.8, 4) is 0 Å². The minimum atomic E-state index is -0.305. The highest BCUT2D eigenvalue weighted by atomic mass is 16.6. The molecule has 1 aliphatic heterocycles. The van der Waals surface area contributed by atoms with Gasteiger partial charge in [-0.05, 0) is 25.5 Å². The fraction of sp³-hybridized carbons (Fsp3) is 0.500. The number of rotatable bonds is 2. The Morgan fingerprint density at radius 3 is 2.47 bits per heavy atom. The van der Waals surface area contributed by atoms with Gasteiger partial charge in [0, 0.05) is 43.5 Å². The monoisotopic (exact) mass is 235 g/mol. The molecule has 0 aliphatic carbocycles. The van der Waals surface area contributed by atoms with Crippen LogP contribution in [-0.4, -0.2) is 31.1 Å². The number of aryl methyl sites for hydroxylation is 2. The van der Waals surface area contributed by atoms with E-state index in [0.29, 0.717) is 0 Å². The molecule has 0 radical (unpaired) electrons. The third-order valence-corrected chi connectivity index (χ3v) is 3.17. The van der Waals surface area contributed by atoms with Gasteiger partial charge >= 0.3 is 0 Å². The normalized spacial score (nSPS) is 16.0. The Hall–Kier alpha value is -1.62. The van der Waals surface area contributed by atoms with Gasteiger partial charge in [0.05, 0.1) is 4.92 Å². The van der Waals surface area contributed by atoms with Crippen LogP contribution in [0.1, 0.15) is 11.1 Å². The quantitative estimate of drug-likeness (QED) is 0.625. The molecule has 0 amide bonds. The van der Waals surface area contributed by atoms with E-state index < -0.39 is 0 Å². The van der Waals surface area contributed by atoms with Crippen LogP contribution in [0.4, 0.5) is 11.4 Å². The molecule has 1 aromatic carbocycles. The predicted octanol–water partition coefficient (Wildman–Crippen LogP) is 1.62. The number of nitro groups is 1. The Bertz CT molecular complexity index is 440. The third-order valence-electron chi connectivity index (χ3n) is 3.17. The summed E-state index contributed by atoms with van der Waals surface area (Å²) in [6.07, 6.45) is 0. The minimum absolute atomic E-state index is 0.212. The average molecular weight is 235 g/mol. The van der Waals surface area contributed by atoms with E-state index in [1.807, 2.05) is 13.0 Å². The molecular weight excluding hydrogens is 218 g/mol. The molecule has 0 unspecified atom stereocenters. The number of hydrogen-bond acceptors (Lipinski definition) is 4. The lowest BCUT2D eigenvalue weighted by Crippen LogP contribution is -2.43. The molecule has 1 aliphatic rings. The van der Waals surface area contributed by atoms with Crippen molar-refractivity contribution >= 4 is 11.4 Å². The number of nitrogens with zero attached hydrogens (tertiary/aromatic N) is 2. The summed E-state index contributed by atoms with van der Waals surface area (Å²) in [7, 11) is 0. The van der Waals surface area contributed by atoms with Gasteiger partial charge in [-0.3, -0.25) is 10.1 Å². The van der Waals surface area contributed by atoms with Gasteiger partial charge in [0.2, 0.25) is 0 Å². The van der Waals surface area contributed by atoms with Crippen molar-refractivity contribution in [1.29, 1.82) is 0 Å². The Balaban J connectivity index is 2.38. The Morgan fingerprint density at radius 1 is 1.24 bits per heavy atom. The first-order valence-electron chi connectivity index (χ1n) is 5.81. The first-order valence-corrected chi connectivity index (χ1v) is 5.81. The molecule has 1 saturated heterocycles. The van der Waals surface area contributed by atoms with Gasteiger partial charge in [0.25, 0.3) is 5.69 Å². The highest BCUT2D eigenvalue weighted by molar-refractivity contribution is 5.61. The van der Waals surface area contributed by atoms with Gasteiger partial charge in [-0.2, -0.15) is 0 Å². The van der Waals surface area contributed by atoms with Crippen molar-refractivity contribution < 1.29 is 4.92 Å². The molecule has 5 nitrogen and oxygen atoms in total. The summed E-state index contributed by atoms with van der Waals surface area (Å²) < 4.78 is 0. The number of anilines is 1. The van der Waals surface area contributed by atoms with Crippen LogP contribution in [0.15, 0.2) is 12.1 Å². The zero-order chi connectivity index (χ0) is 12.4. The molecular formula is C12H17N3O2. The molecule has 0 atom stereocenters. The first kappa shape index (κ1) is 11.9. The van der Waals surface area contributed by atoms with E-state index in [2.05, 4.69) is 10.2 Å². The van der Waals surface area contributed by atoms with Crippen LogP contribution in [0, 0.1) is 24.0 Å². The van der Waals surface area contributed by atoms with Crippen LogP contribution in [0.2, 0.25) is 0 Å². The lowest BCUT2D eigenvalue weighted by atomic mass is 10.1. The molecule has 0 aromatic heterocycles. The largest absolute Gasteiger partial charge is 0.369 e. The van der Waals surface area contributed by atoms with E-state index in [0.717, 1.165) is 43.0 Å². The Morgan fingerprint density at radius 2 is 1.88 bits per heavy atom. The van der Waals surface area contributed by atoms with E-state index in [1.54, 1.807) is 13.0 Å². The van der Waals surface area contributed by atoms with E-state index in [-0.39, 0.29) is 10.6 Å². The SMILES string of the molecule is Cc1cc(C)c([N+](=O)[O-])cc1N1CCNCC1. The summed E-state index contributed by atoms with van der Waals surface area (Å²) in [6.45, 7) is 7.46. The van der Waals surface area contributed by atoms with Gasteiger partial charge in [-0.1, -0.05) is 0 Å². The molecule has 1 N–H and O–H groups in total. The van der Waals surface area contributed by atoms with E-state index in [1.165, 1.54) is 0 Å². The second kappa shape index (κ2) is 4.71. The zero-order valence-electron chi connectivity index (χ0n) is 10.2. The summed E-state index contributed by atoms with van der Waals surface area (Å²) in [5.41, 5.74) is 3.04. The fourth-order valence-corrected chi connectivity index (χ4v) is 2.27. The lowest BCUT2D eigenvalue weighted by Gasteiger charge is -2.30. The summed E-state index contributed by atoms with van der Waals surface area (Å²) >= 11 is 0. The van der Waals surface area contributed by atoms with Gasteiger partial charge in [-0.25, -0.2) is 0 Å². The summed E-state index contributed by atoms with van der Waals surface area (Å²) in [4.78, 5) is 12.8. The van der Waals surface area contributed by atoms with E-state index in [9.17, 15) is 10.1 Å². The van der Waals surface area contributed by atoms with Crippen LogP contribution < -0.4 is 10.2 Å². The maximum absolute atomic E-state index is 10.9. The average Bonchev–Trinajstić information content (AvgIpc) is 2.29. The molecule has 92 valence electrons. The van der Waals surface area contributed by atoms with E-state index in [4.69, 9.17) is 0 Å². The van der Waals surface area contributed by atoms with Gasteiger partial charge in [-0.15, -0.1) is 0 Å². The van der Waals surface area contributed by atoms with Crippen molar-refractivity contribution in [3.05, 3.63) is 33.4 Å². The van der Waals surface area contributed by atoms with Crippen LogP contribution in [0.25, 0.3) is 0 Å². The molecule has 0 bridgehead atoms. The maximum atomic E-state index is 10.9. The lowest BCUT2D eigenvalue weighted by molar-refractivity contribution is -0.385. The number of piperazine rings is 1. The molecule has 1 aromatic rings. The molecule has 5 heteroatoms. The smallest absolute Gasteiger partial charge is 0.274 e. The van der Waals surface area contributed by atoms with Crippen molar-refractivity contribution in [1.82, 2.24) is 5.32 Å². The molecule has 17 heavy (non-hydrogen) atoms.